The second kappa shape index (κ2) is 5.77. The highest BCUT2D eigenvalue weighted by molar-refractivity contribution is 7.15. The van der Waals surface area contributed by atoms with Crippen molar-refractivity contribution in [2.45, 2.75) is 25.3 Å². The number of likely N-dealkylation sites (tertiary alicyclic amines) is 2. The molecule has 0 aromatic carbocycles. The molecule has 0 spiro atoms. The average Bonchev–Trinajstić information content (AvgIpc) is 2.96. The average molecular weight is 308 g/mol. The third-order valence-corrected chi connectivity index (χ3v) is 5.72. The van der Waals surface area contributed by atoms with Gasteiger partial charge < -0.3 is 14.9 Å². The van der Waals surface area contributed by atoms with Crippen molar-refractivity contribution in [3.63, 3.8) is 0 Å². The van der Waals surface area contributed by atoms with Gasteiger partial charge in [-0.1, -0.05) is 0 Å². The van der Waals surface area contributed by atoms with Gasteiger partial charge in [-0.2, -0.15) is 0 Å². The number of fused-ring (bicyclic) bond motifs is 1. The number of nitrogens with zero attached hydrogens (tertiary/aromatic N) is 2. The van der Waals surface area contributed by atoms with E-state index in [2.05, 4.69) is 11.9 Å². The van der Waals surface area contributed by atoms with E-state index in [9.17, 15) is 9.59 Å². The van der Waals surface area contributed by atoms with Crippen LogP contribution in [-0.2, 0) is 0 Å². The van der Waals surface area contributed by atoms with Crippen LogP contribution in [0.15, 0.2) is 12.1 Å². The number of hydrogen-bond acceptors (Lipinski definition) is 4. The summed E-state index contributed by atoms with van der Waals surface area (Å²) in [4.78, 5) is 28.5. The molecule has 2 saturated heterocycles. The maximum Gasteiger partial charge on any atom is 0.345 e. The minimum atomic E-state index is -0.966. The van der Waals surface area contributed by atoms with E-state index in [4.69, 9.17) is 5.11 Å². The highest BCUT2D eigenvalue weighted by Gasteiger charge is 2.36. The Balaban J connectivity index is 1.69. The summed E-state index contributed by atoms with van der Waals surface area (Å²) in [6.07, 6.45) is 3.40. The van der Waals surface area contributed by atoms with Gasteiger partial charge in [-0.15, -0.1) is 11.3 Å². The molecule has 1 aromatic rings. The lowest BCUT2D eigenvalue weighted by atomic mass is 9.84. The van der Waals surface area contributed by atoms with Crippen molar-refractivity contribution in [1.82, 2.24) is 9.80 Å². The van der Waals surface area contributed by atoms with Crippen LogP contribution in [0.3, 0.4) is 0 Å². The fourth-order valence-corrected chi connectivity index (χ4v) is 4.37. The van der Waals surface area contributed by atoms with Gasteiger partial charge in [-0.05, 0) is 50.9 Å². The van der Waals surface area contributed by atoms with Gasteiger partial charge >= 0.3 is 5.97 Å². The van der Waals surface area contributed by atoms with E-state index in [0.29, 0.717) is 16.8 Å². The fraction of sp³-hybridized carbons (Fsp3) is 0.600. The van der Waals surface area contributed by atoms with E-state index < -0.39 is 5.97 Å². The molecule has 21 heavy (non-hydrogen) atoms. The maximum atomic E-state index is 12.5. The van der Waals surface area contributed by atoms with E-state index in [1.54, 1.807) is 6.07 Å². The van der Waals surface area contributed by atoms with Gasteiger partial charge in [0, 0.05) is 19.1 Å². The zero-order valence-electron chi connectivity index (χ0n) is 12.1. The Bertz CT molecular complexity index is 557. The fourth-order valence-electron chi connectivity index (χ4n) is 3.56. The second-order valence-corrected chi connectivity index (χ2v) is 7.04. The lowest BCUT2D eigenvalue weighted by Gasteiger charge is -2.45. The molecule has 2 atom stereocenters. The Morgan fingerprint density at radius 3 is 2.71 bits per heavy atom. The van der Waals surface area contributed by atoms with Crippen molar-refractivity contribution < 1.29 is 14.7 Å². The third-order valence-electron chi connectivity index (χ3n) is 4.66. The molecule has 6 heteroatoms. The van der Waals surface area contributed by atoms with Crippen LogP contribution in [0.4, 0.5) is 0 Å². The summed E-state index contributed by atoms with van der Waals surface area (Å²) >= 11 is 1.07. The first-order valence-corrected chi connectivity index (χ1v) is 8.20. The number of amides is 1. The zero-order chi connectivity index (χ0) is 15.0. The van der Waals surface area contributed by atoms with Gasteiger partial charge in [0.2, 0.25) is 0 Å². The number of thiophene rings is 1. The summed E-state index contributed by atoms with van der Waals surface area (Å²) in [6.45, 7) is 2.72. The normalized spacial score (nSPS) is 26.4. The van der Waals surface area contributed by atoms with Gasteiger partial charge in [-0.25, -0.2) is 4.79 Å². The lowest BCUT2D eigenvalue weighted by Crippen LogP contribution is -2.53. The third kappa shape index (κ3) is 2.82. The molecular formula is C15H20N2O3S. The van der Waals surface area contributed by atoms with Crippen molar-refractivity contribution in [1.29, 1.82) is 0 Å². The van der Waals surface area contributed by atoms with Gasteiger partial charge in [-0.3, -0.25) is 4.79 Å². The number of carbonyl (C=O) groups is 2. The largest absolute Gasteiger partial charge is 0.477 e. The number of hydrogen-bond donors (Lipinski definition) is 1. The number of rotatable bonds is 2. The molecule has 0 saturated carbocycles. The van der Waals surface area contributed by atoms with E-state index in [1.165, 1.54) is 18.9 Å². The highest BCUT2D eigenvalue weighted by atomic mass is 32.1. The number of carbonyl (C=O) groups excluding carboxylic acids is 1. The van der Waals surface area contributed by atoms with Crippen LogP contribution in [0.1, 0.15) is 38.6 Å². The highest BCUT2D eigenvalue weighted by Crippen LogP contribution is 2.30. The van der Waals surface area contributed by atoms with Crippen LogP contribution in [0, 0.1) is 5.92 Å². The Morgan fingerprint density at radius 1 is 1.24 bits per heavy atom. The van der Waals surface area contributed by atoms with Crippen LogP contribution in [-0.4, -0.2) is 59.5 Å². The van der Waals surface area contributed by atoms with Crippen LogP contribution in [0.5, 0.6) is 0 Å². The van der Waals surface area contributed by atoms with E-state index in [1.807, 2.05) is 4.90 Å². The van der Waals surface area contributed by atoms with Crippen molar-refractivity contribution >= 4 is 23.2 Å². The van der Waals surface area contributed by atoms with Gasteiger partial charge in [0.1, 0.15) is 4.88 Å². The Labute approximate surface area is 128 Å². The molecule has 3 rings (SSSR count). The van der Waals surface area contributed by atoms with E-state index in [-0.39, 0.29) is 10.8 Å². The molecule has 1 aromatic heterocycles. The minimum absolute atomic E-state index is 0.0147. The smallest absolute Gasteiger partial charge is 0.345 e. The van der Waals surface area contributed by atoms with Crippen molar-refractivity contribution in [3.8, 4) is 0 Å². The standard InChI is InChI=1S/C15H20N2O3S/c1-16-7-2-3-10-9-17(8-6-11(10)16)14(18)12-4-5-13(21-12)15(19)20/h4-5,10-11H,2-3,6-9H2,1H3,(H,19,20). The van der Waals surface area contributed by atoms with Crippen molar-refractivity contribution in [3.05, 3.63) is 21.9 Å². The van der Waals surface area contributed by atoms with Crippen molar-refractivity contribution in [2.24, 2.45) is 5.92 Å². The molecule has 1 N–H and O–H groups in total. The number of carboxylic acids is 1. The summed E-state index contributed by atoms with van der Waals surface area (Å²) < 4.78 is 0. The molecule has 2 aliphatic rings. The number of piperidine rings is 2. The molecule has 2 aliphatic heterocycles. The molecule has 3 heterocycles. The van der Waals surface area contributed by atoms with Gasteiger partial charge in [0.25, 0.3) is 5.91 Å². The summed E-state index contributed by atoms with van der Waals surface area (Å²) in [5.74, 6) is -0.425. The van der Waals surface area contributed by atoms with Crippen LogP contribution in [0.2, 0.25) is 0 Å². The summed E-state index contributed by atoms with van der Waals surface area (Å²) in [7, 11) is 2.17. The molecule has 114 valence electrons. The SMILES string of the molecule is CN1CCCC2CN(C(=O)c3ccc(C(=O)O)s3)CCC21. The zero-order valence-corrected chi connectivity index (χ0v) is 12.9. The molecule has 2 unspecified atom stereocenters. The van der Waals surface area contributed by atoms with Crippen LogP contribution in [0.25, 0.3) is 0 Å². The number of aromatic carboxylic acids is 1. The van der Waals surface area contributed by atoms with Crippen LogP contribution < -0.4 is 0 Å². The van der Waals surface area contributed by atoms with Crippen molar-refractivity contribution in [2.75, 3.05) is 26.7 Å². The number of carboxylic acid groups (broad SMARTS) is 1. The monoisotopic (exact) mass is 308 g/mol. The molecule has 5 nitrogen and oxygen atoms in total. The molecule has 0 aliphatic carbocycles. The molecular weight excluding hydrogens is 288 g/mol. The molecule has 2 fully saturated rings. The van der Waals surface area contributed by atoms with E-state index in [0.717, 1.165) is 37.4 Å². The lowest BCUT2D eigenvalue weighted by molar-refractivity contribution is 0.0320. The first kappa shape index (κ1) is 14.5. The maximum absolute atomic E-state index is 12.5. The molecule has 1 amide bonds. The minimum Gasteiger partial charge on any atom is -0.477 e. The Hall–Kier alpha value is -1.40. The quantitative estimate of drug-likeness (QED) is 0.908. The Kier molecular flexibility index (Phi) is 3.99. The molecule has 0 bridgehead atoms. The van der Waals surface area contributed by atoms with Gasteiger partial charge in [0.15, 0.2) is 0 Å². The summed E-state index contributed by atoms with van der Waals surface area (Å²) in [5, 5.41) is 8.95. The topological polar surface area (TPSA) is 60.9 Å². The molecule has 0 radical (unpaired) electrons. The second-order valence-electron chi connectivity index (χ2n) is 5.96. The summed E-state index contributed by atoms with van der Waals surface area (Å²) in [6, 6.07) is 3.75. The predicted octanol–water partition coefficient (Wildman–Crippen LogP) is 2.00. The van der Waals surface area contributed by atoms with E-state index >= 15 is 0 Å². The first-order chi connectivity index (χ1) is 10.1. The predicted molar refractivity (Wildman–Crippen MR) is 80.9 cm³/mol. The Morgan fingerprint density at radius 2 is 2.00 bits per heavy atom. The summed E-state index contributed by atoms with van der Waals surface area (Å²) in [5.41, 5.74) is 0. The first-order valence-electron chi connectivity index (χ1n) is 7.39. The van der Waals surface area contributed by atoms with Gasteiger partial charge in [0.05, 0.1) is 4.88 Å². The van der Waals surface area contributed by atoms with Crippen LogP contribution >= 0.6 is 11.3 Å².